The summed E-state index contributed by atoms with van der Waals surface area (Å²) in [4.78, 5) is 26.2. The molecule has 0 atom stereocenters. The van der Waals surface area contributed by atoms with Gasteiger partial charge in [-0.15, -0.1) is 0 Å². The van der Waals surface area contributed by atoms with Gasteiger partial charge in [0.05, 0.1) is 18.8 Å². The van der Waals surface area contributed by atoms with Crippen LogP contribution in [-0.4, -0.2) is 75.0 Å². The van der Waals surface area contributed by atoms with Crippen molar-refractivity contribution in [1.29, 1.82) is 0 Å². The standard InChI is InChI=1S/C21H29FN2O6S/c1-2-24(17-6-4-3-5-7-17)20(25)15-30-21(26)16-8-9-18(22)19(14-16)31(27,28)23-10-12-29-13-11-23/h8-9,14,17H,2-7,10-13,15H2,1H3. The third-order valence-corrected chi connectivity index (χ3v) is 7.67. The quantitative estimate of drug-likeness (QED) is 0.584. The maximum absolute atomic E-state index is 14.3. The molecule has 1 aliphatic carbocycles. The first kappa shape index (κ1) is 23.6. The van der Waals surface area contributed by atoms with Crippen molar-refractivity contribution < 1.29 is 31.9 Å². The molecule has 3 rings (SSSR count). The second-order valence-electron chi connectivity index (χ2n) is 7.71. The average Bonchev–Trinajstić information content (AvgIpc) is 2.79. The minimum Gasteiger partial charge on any atom is -0.452 e. The summed E-state index contributed by atoms with van der Waals surface area (Å²) in [5, 5.41) is 0. The van der Waals surface area contributed by atoms with Gasteiger partial charge in [0.15, 0.2) is 6.61 Å². The molecule has 1 aliphatic heterocycles. The number of carbonyl (C=O) groups is 2. The molecular weight excluding hydrogens is 427 g/mol. The van der Waals surface area contributed by atoms with Crippen LogP contribution in [0.4, 0.5) is 4.39 Å². The van der Waals surface area contributed by atoms with Crippen LogP contribution >= 0.6 is 0 Å². The number of ether oxygens (including phenoxy) is 2. The lowest BCUT2D eigenvalue weighted by Gasteiger charge is -2.33. The van der Waals surface area contributed by atoms with E-state index in [1.165, 1.54) is 0 Å². The van der Waals surface area contributed by atoms with Crippen LogP contribution in [0.15, 0.2) is 23.1 Å². The summed E-state index contributed by atoms with van der Waals surface area (Å²) >= 11 is 0. The van der Waals surface area contributed by atoms with Crippen LogP contribution in [0.25, 0.3) is 0 Å². The zero-order valence-electron chi connectivity index (χ0n) is 17.7. The highest BCUT2D eigenvalue weighted by molar-refractivity contribution is 7.89. The normalized spacial score (nSPS) is 18.5. The minimum atomic E-state index is -4.12. The Hall–Kier alpha value is -2.04. The monoisotopic (exact) mass is 456 g/mol. The molecule has 0 bridgehead atoms. The van der Waals surface area contributed by atoms with Crippen molar-refractivity contribution in [2.45, 2.75) is 50.0 Å². The van der Waals surface area contributed by atoms with Crippen molar-refractivity contribution in [2.24, 2.45) is 0 Å². The number of carbonyl (C=O) groups excluding carboxylic acids is 2. The predicted octanol–water partition coefficient (Wildman–Crippen LogP) is 2.18. The Labute approximate surface area is 182 Å². The number of rotatable bonds is 7. The van der Waals surface area contributed by atoms with Crippen LogP contribution in [0.3, 0.4) is 0 Å². The number of esters is 1. The third-order valence-electron chi connectivity index (χ3n) is 5.76. The van der Waals surface area contributed by atoms with E-state index in [9.17, 15) is 22.4 Å². The summed E-state index contributed by atoms with van der Waals surface area (Å²) < 4.78 is 51.2. The summed E-state index contributed by atoms with van der Waals surface area (Å²) in [6, 6.07) is 3.19. The average molecular weight is 457 g/mol. The second kappa shape index (κ2) is 10.5. The van der Waals surface area contributed by atoms with Gasteiger partial charge in [-0.25, -0.2) is 17.6 Å². The number of likely N-dealkylation sites (N-methyl/N-ethyl adjacent to an activating group) is 1. The van der Waals surface area contributed by atoms with Gasteiger partial charge in [-0.1, -0.05) is 19.3 Å². The maximum Gasteiger partial charge on any atom is 0.338 e. The van der Waals surface area contributed by atoms with Crippen LogP contribution in [0.5, 0.6) is 0 Å². The van der Waals surface area contributed by atoms with Gasteiger partial charge in [-0.05, 0) is 38.0 Å². The van der Waals surface area contributed by atoms with Crippen molar-refractivity contribution in [2.75, 3.05) is 39.5 Å². The van der Waals surface area contributed by atoms with Crippen molar-refractivity contribution >= 4 is 21.9 Å². The Kier molecular flexibility index (Phi) is 8.01. The van der Waals surface area contributed by atoms with E-state index in [0.29, 0.717) is 6.54 Å². The smallest absolute Gasteiger partial charge is 0.338 e. The number of amides is 1. The van der Waals surface area contributed by atoms with E-state index < -0.39 is 33.3 Å². The second-order valence-corrected chi connectivity index (χ2v) is 9.62. The molecule has 1 saturated heterocycles. The van der Waals surface area contributed by atoms with E-state index in [-0.39, 0.29) is 43.8 Å². The summed E-state index contributed by atoms with van der Waals surface area (Å²) in [5.41, 5.74) is -0.123. The largest absolute Gasteiger partial charge is 0.452 e. The SMILES string of the molecule is CCN(C(=O)COC(=O)c1ccc(F)c(S(=O)(=O)N2CCOCC2)c1)C1CCCCC1. The molecule has 0 radical (unpaired) electrons. The number of benzene rings is 1. The Morgan fingerprint density at radius 1 is 1.19 bits per heavy atom. The fraction of sp³-hybridized carbons (Fsp3) is 0.619. The highest BCUT2D eigenvalue weighted by Gasteiger charge is 2.30. The zero-order chi connectivity index (χ0) is 22.4. The van der Waals surface area contributed by atoms with Crippen LogP contribution in [0.1, 0.15) is 49.4 Å². The number of hydrogen-bond donors (Lipinski definition) is 0. The molecular formula is C21H29FN2O6S. The first-order valence-corrected chi connectivity index (χ1v) is 12.1. The molecule has 1 heterocycles. The number of hydrogen-bond acceptors (Lipinski definition) is 6. The van der Waals surface area contributed by atoms with Crippen molar-refractivity contribution in [3.05, 3.63) is 29.6 Å². The van der Waals surface area contributed by atoms with Gasteiger partial charge in [0, 0.05) is 25.7 Å². The fourth-order valence-electron chi connectivity index (χ4n) is 4.08. The van der Waals surface area contributed by atoms with Crippen molar-refractivity contribution in [3.8, 4) is 0 Å². The lowest BCUT2D eigenvalue weighted by atomic mass is 9.94. The lowest BCUT2D eigenvalue weighted by molar-refractivity contribution is -0.137. The molecule has 1 saturated carbocycles. The van der Waals surface area contributed by atoms with Gasteiger partial charge < -0.3 is 14.4 Å². The Bertz CT molecular complexity index is 895. The molecule has 2 fully saturated rings. The number of morpholine rings is 1. The molecule has 0 spiro atoms. The summed E-state index contributed by atoms with van der Waals surface area (Å²) in [5.74, 6) is -2.11. The lowest BCUT2D eigenvalue weighted by Crippen LogP contribution is -2.43. The molecule has 31 heavy (non-hydrogen) atoms. The Morgan fingerprint density at radius 3 is 2.52 bits per heavy atom. The highest BCUT2D eigenvalue weighted by Crippen LogP contribution is 2.24. The molecule has 0 unspecified atom stereocenters. The predicted molar refractivity (Wildman–Crippen MR) is 111 cm³/mol. The topological polar surface area (TPSA) is 93.2 Å². The van der Waals surface area contributed by atoms with Crippen LogP contribution in [0, 0.1) is 5.82 Å². The van der Waals surface area contributed by atoms with E-state index in [1.807, 2.05) is 6.92 Å². The van der Waals surface area contributed by atoms with Gasteiger partial charge in [0.1, 0.15) is 10.7 Å². The highest BCUT2D eigenvalue weighted by atomic mass is 32.2. The molecule has 172 valence electrons. The first-order chi connectivity index (χ1) is 14.8. The molecule has 0 N–H and O–H groups in total. The van der Waals surface area contributed by atoms with Crippen LogP contribution in [-0.2, 0) is 24.3 Å². The maximum atomic E-state index is 14.3. The van der Waals surface area contributed by atoms with Gasteiger partial charge >= 0.3 is 5.97 Å². The summed E-state index contributed by atoms with van der Waals surface area (Å²) in [7, 11) is -4.12. The Morgan fingerprint density at radius 2 is 1.87 bits per heavy atom. The van der Waals surface area contributed by atoms with E-state index in [0.717, 1.165) is 54.6 Å². The molecule has 1 amide bonds. The van der Waals surface area contributed by atoms with Gasteiger partial charge in [0.25, 0.3) is 5.91 Å². The Balaban J connectivity index is 1.67. The van der Waals surface area contributed by atoms with E-state index in [1.54, 1.807) is 4.90 Å². The third kappa shape index (κ3) is 5.61. The van der Waals surface area contributed by atoms with Crippen LogP contribution < -0.4 is 0 Å². The number of sulfonamides is 1. The number of nitrogens with zero attached hydrogens (tertiary/aromatic N) is 2. The van der Waals surface area contributed by atoms with E-state index >= 15 is 0 Å². The van der Waals surface area contributed by atoms with Crippen molar-refractivity contribution in [3.63, 3.8) is 0 Å². The fourth-order valence-corrected chi connectivity index (χ4v) is 5.58. The summed E-state index contributed by atoms with van der Waals surface area (Å²) in [6.45, 7) is 2.64. The van der Waals surface area contributed by atoms with E-state index in [2.05, 4.69) is 0 Å². The van der Waals surface area contributed by atoms with Crippen LogP contribution in [0.2, 0.25) is 0 Å². The molecule has 1 aromatic carbocycles. The minimum absolute atomic E-state index is 0.110. The van der Waals surface area contributed by atoms with Gasteiger partial charge in [-0.3, -0.25) is 4.79 Å². The number of halogens is 1. The first-order valence-electron chi connectivity index (χ1n) is 10.7. The zero-order valence-corrected chi connectivity index (χ0v) is 18.5. The molecule has 10 heteroatoms. The molecule has 8 nitrogen and oxygen atoms in total. The molecule has 2 aliphatic rings. The van der Waals surface area contributed by atoms with Gasteiger partial charge in [0.2, 0.25) is 10.0 Å². The van der Waals surface area contributed by atoms with E-state index in [4.69, 9.17) is 9.47 Å². The molecule has 1 aromatic rings. The summed E-state index contributed by atoms with van der Waals surface area (Å²) in [6.07, 6.45) is 5.19. The molecule has 0 aromatic heterocycles. The van der Waals surface area contributed by atoms with Crippen molar-refractivity contribution in [1.82, 2.24) is 9.21 Å². The van der Waals surface area contributed by atoms with Gasteiger partial charge in [-0.2, -0.15) is 4.31 Å².